The predicted molar refractivity (Wildman–Crippen MR) is 56.1 cm³/mol. The first-order chi connectivity index (χ1) is 6.72. The molecule has 1 rings (SSSR count). The van der Waals surface area contributed by atoms with Crippen molar-refractivity contribution in [3.63, 3.8) is 0 Å². The number of hydrogen-bond donors (Lipinski definition) is 1. The van der Waals surface area contributed by atoms with Crippen LogP contribution >= 0.6 is 0 Å². The zero-order chi connectivity index (χ0) is 10.4. The lowest BCUT2D eigenvalue weighted by Gasteiger charge is -2.12. The molecule has 0 heterocycles. The maximum Gasteiger partial charge on any atom is 0.307 e. The number of esters is 1. The highest BCUT2D eigenvalue weighted by Gasteiger charge is 2.39. The number of rotatable bonds is 7. The van der Waals surface area contributed by atoms with E-state index in [0.717, 1.165) is 13.1 Å². The van der Waals surface area contributed by atoms with Gasteiger partial charge < -0.3 is 10.1 Å². The summed E-state index contributed by atoms with van der Waals surface area (Å²) in [4.78, 5) is 11.0. The van der Waals surface area contributed by atoms with E-state index in [9.17, 15) is 4.79 Å². The summed E-state index contributed by atoms with van der Waals surface area (Å²) >= 11 is 0. The molecule has 1 saturated carbocycles. The quantitative estimate of drug-likeness (QED) is 0.501. The molecule has 1 aliphatic carbocycles. The molecule has 3 heteroatoms. The van der Waals surface area contributed by atoms with Crippen LogP contribution < -0.4 is 5.32 Å². The zero-order valence-corrected chi connectivity index (χ0v) is 9.27. The molecule has 3 nitrogen and oxygen atoms in total. The Morgan fingerprint density at radius 1 is 1.43 bits per heavy atom. The summed E-state index contributed by atoms with van der Waals surface area (Å²) in [6.45, 7) is 6.36. The molecule has 0 bridgehead atoms. The number of carbonyl (C=O) groups excluding carboxylic acids is 1. The van der Waals surface area contributed by atoms with Gasteiger partial charge in [0.25, 0.3) is 0 Å². The molecule has 0 aromatic carbocycles. The molecule has 0 atom stereocenters. The number of hydrogen-bond acceptors (Lipinski definition) is 3. The van der Waals surface area contributed by atoms with Crippen molar-refractivity contribution in [2.24, 2.45) is 5.41 Å². The molecule has 0 spiro atoms. The van der Waals surface area contributed by atoms with Gasteiger partial charge >= 0.3 is 5.97 Å². The smallest absolute Gasteiger partial charge is 0.307 e. The zero-order valence-electron chi connectivity index (χ0n) is 9.27. The molecular weight excluding hydrogens is 178 g/mol. The first-order valence-corrected chi connectivity index (χ1v) is 5.59. The Labute approximate surface area is 86.2 Å². The second kappa shape index (κ2) is 5.35. The van der Waals surface area contributed by atoms with Crippen molar-refractivity contribution in [3.8, 4) is 0 Å². The van der Waals surface area contributed by atoms with E-state index in [1.165, 1.54) is 19.3 Å². The minimum absolute atomic E-state index is 0.0960. The molecule has 14 heavy (non-hydrogen) atoms. The fourth-order valence-corrected chi connectivity index (χ4v) is 1.61. The van der Waals surface area contributed by atoms with E-state index in [1.807, 2.05) is 6.92 Å². The average molecular weight is 199 g/mol. The van der Waals surface area contributed by atoms with E-state index >= 15 is 0 Å². The minimum atomic E-state index is -0.0960. The highest BCUT2D eigenvalue weighted by molar-refractivity contribution is 5.69. The molecular formula is C11H21NO2. The number of ether oxygens (including phenoxy) is 1. The van der Waals surface area contributed by atoms with Gasteiger partial charge in [0, 0.05) is 13.1 Å². The summed E-state index contributed by atoms with van der Waals surface area (Å²) in [5, 5.41) is 3.33. The van der Waals surface area contributed by atoms with E-state index in [0.29, 0.717) is 18.4 Å². The first-order valence-electron chi connectivity index (χ1n) is 5.59. The molecule has 0 saturated heterocycles. The first kappa shape index (κ1) is 11.5. The van der Waals surface area contributed by atoms with E-state index in [2.05, 4.69) is 12.2 Å². The van der Waals surface area contributed by atoms with Crippen LogP contribution in [0.2, 0.25) is 0 Å². The van der Waals surface area contributed by atoms with Crippen LogP contribution in [0.3, 0.4) is 0 Å². The van der Waals surface area contributed by atoms with Crippen molar-refractivity contribution in [2.75, 3.05) is 19.7 Å². The lowest BCUT2D eigenvalue weighted by Crippen LogP contribution is -2.26. The van der Waals surface area contributed by atoms with Crippen LogP contribution in [0.1, 0.15) is 39.5 Å². The van der Waals surface area contributed by atoms with Crippen molar-refractivity contribution < 1.29 is 9.53 Å². The van der Waals surface area contributed by atoms with Gasteiger partial charge in [0.2, 0.25) is 0 Å². The van der Waals surface area contributed by atoms with Gasteiger partial charge in [-0.25, -0.2) is 0 Å². The molecule has 82 valence electrons. The molecule has 0 radical (unpaired) electrons. The molecule has 1 fully saturated rings. The Bertz CT molecular complexity index is 188. The largest absolute Gasteiger partial charge is 0.466 e. The average Bonchev–Trinajstić information content (AvgIpc) is 2.94. The van der Waals surface area contributed by atoms with Gasteiger partial charge in [-0.05, 0) is 31.6 Å². The summed E-state index contributed by atoms with van der Waals surface area (Å²) in [7, 11) is 0. The van der Waals surface area contributed by atoms with Crippen molar-refractivity contribution in [3.05, 3.63) is 0 Å². The maximum atomic E-state index is 11.0. The summed E-state index contributed by atoms with van der Waals surface area (Å²) < 4.78 is 4.84. The summed E-state index contributed by atoms with van der Waals surface area (Å²) in [6, 6.07) is 0. The van der Waals surface area contributed by atoms with E-state index in [1.54, 1.807) is 0 Å². The van der Waals surface area contributed by atoms with Crippen LogP contribution in [0.5, 0.6) is 0 Å². The van der Waals surface area contributed by atoms with Crippen LogP contribution in [0, 0.1) is 5.41 Å². The maximum absolute atomic E-state index is 11.0. The second-order valence-electron chi connectivity index (χ2n) is 4.09. The Morgan fingerprint density at radius 2 is 2.14 bits per heavy atom. The number of nitrogens with one attached hydrogen (secondary N) is 1. The highest BCUT2D eigenvalue weighted by Crippen LogP contribution is 2.47. The van der Waals surface area contributed by atoms with Crippen molar-refractivity contribution >= 4 is 5.97 Å². The third-order valence-electron chi connectivity index (χ3n) is 3.02. The molecule has 1 aliphatic rings. The fraction of sp³-hybridized carbons (Fsp3) is 0.909. The molecule has 1 N–H and O–H groups in total. The van der Waals surface area contributed by atoms with Gasteiger partial charge in [-0.1, -0.05) is 6.92 Å². The SMILES string of the molecule is CCOC(=O)CCNCC1(CC)CC1. The summed E-state index contributed by atoms with van der Waals surface area (Å²) in [6.07, 6.45) is 4.43. The van der Waals surface area contributed by atoms with Crippen molar-refractivity contribution in [1.82, 2.24) is 5.32 Å². The molecule has 0 aliphatic heterocycles. The standard InChI is InChI=1S/C11H21NO2/c1-3-11(6-7-11)9-12-8-5-10(13)14-4-2/h12H,3-9H2,1-2H3. The minimum Gasteiger partial charge on any atom is -0.466 e. The van der Waals surface area contributed by atoms with Gasteiger partial charge in [0.05, 0.1) is 13.0 Å². The summed E-state index contributed by atoms with van der Waals surface area (Å²) in [5.74, 6) is -0.0960. The highest BCUT2D eigenvalue weighted by atomic mass is 16.5. The van der Waals surface area contributed by atoms with Crippen LogP contribution in [0.25, 0.3) is 0 Å². The molecule has 0 aromatic heterocycles. The third kappa shape index (κ3) is 3.66. The predicted octanol–water partition coefficient (Wildman–Crippen LogP) is 1.72. The Hall–Kier alpha value is -0.570. The number of carbonyl (C=O) groups is 1. The summed E-state index contributed by atoms with van der Waals surface area (Å²) in [5.41, 5.74) is 0.564. The van der Waals surface area contributed by atoms with Crippen LogP contribution in [0.15, 0.2) is 0 Å². The lowest BCUT2D eigenvalue weighted by atomic mass is 10.0. The van der Waals surface area contributed by atoms with Crippen LogP contribution in [-0.4, -0.2) is 25.7 Å². The Morgan fingerprint density at radius 3 is 2.64 bits per heavy atom. The molecule has 0 unspecified atom stereocenters. The van der Waals surface area contributed by atoms with Gasteiger partial charge in [0.15, 0.2) is 0 Å². The van der Waals surface area contributed by atoms with E-state index in [4.69, 9.17) is 4.74 Å². The van der Waals surface area contributed by atoms with Crippen molar-refractivity contribution in [2.45, 2.75) is 39.5 Å². The van der Waals surface area contributed by atoms with Gasteiger partial charge in [-0.15, -0.1) is 0 Å². The molecule has 0 aromatic rings. The van der Waals surface area contributed by atoms with Crippen LogP contribution in [-0.2, 0) is 9.53 Å². The fourth-order valence-electron chi connectivity index (χ4n) is 1.61. The van der Waals surface area contributed by atoms with Gasteiger partial charge in [-0.2, -0.15) is 0 Å². The van der Waals surface area contributed by atoms with E-state index < -0.39 is 0 Å². The lowest BCUT2D eigenvalue weighted by molar-refractivity contribution is -0.142. The second-order valence-corrected chi connectivity index (χ2v) is 4.09. The Balaban J connectivity index is 1.97. The van der Waals surface area contributed by atoms with Gasteiger partial charge in [0.1, 0.15) is 0 Å². The topological polar surface area (TPSA) is 38.3 Å². The third-order valence-corrected chi connectivity index (χ3v) is 3.02. The van der Waals surface area contributed by atoms with Crippen LogP contribution in [0.4, 0.5) is 0 Å². The molecule has 0 amide bonds. The van der Waals surface area contributed by atoms with E-state index in [-0.39, 0.29) is 5.97 Å². The van der Waals surface area contributed by atoms with Crippen molar-refractivity contribution in [1.29, 1.82) is 0 Å². The van der Waals surface area contributed by atoms with Gasteiger partial charge in [-0.3, -0.25) is 4.79 Å². The monoisotopic (exact) mass is 199 g/mol. The normalized spacial score (nSPS) is 17.9. The Kier molecular flexibility index (Phi) is 4.39.